The van der Waals surface area contributed by atoms with E-state index < -0.39 is 0 Å². The standard InChI is InChI=1S/C12H22N2O2/c1-12(4-5-13-8-12)9-14-6-3-10(7-14)11(15)16-2/h10,13H,3-9H2,1-2H3. The van der Waals surface area contributed by atoms with E-state index in [1.54, 1.807) is 0 Å². The summed E-state index contributed by atoms with van der Waals surface area (Å²) in [6.45, 7) is 7.58. The van der Waals surface area contributed by atoms with Gasteiger partial charge in [-0.15, -0.1) is 0 Å². The molecule has 2 saturated heterocycles. The third kappa shape index (κ3) is 2.55. The first-order valence-corrected chi connectivity index (χ1v) is 6.14. The number of esters is 1. The number of likely N-dealkylation sites (tertiary alicyclic amines) is 1. The maximum absolute atomic E-state index is 11.4. The highest BCUT2D eigenvalue weighted by molar-refractivity contribution is 5.72. The van der Waals surface area contributed by atoms with Crippen LogP contribution in [0, 0.1) is 11.3 Å². The van der Waals surface area contributed by atoms with Crippen molar-refractivity contribution in [1.82, 2.24) is 10.2 Å². The Balaban J connectivity index is 1.82. The van der Waals surface area contributed by atoms with Gasteiger partial charge in [-0.3, -0.25) is 4.79 Å². The molecule has 2 unspecified atom stereocenters. The second kappa shape index (κ2) is 4.72. The Kier molecular flexibility index (Phi) is 3.50. The van der Waals surface area contributed by atoms with Crippen molar-refractivity contribution in [2.75, 3.05) is 39.8 Å². The van der Waals surface area contributed by atoms with Crippen LogP contribution in [0.2, 0.25) is 0 Å². The molecule has 0 aromatic rings. The van der Waals surface area contributed by atoms with Gasteiger partial charge in [0.2, 0.25) is 0 Å². The summed E-state index contributed by atoms with van der Waals surface area (Å²) in [5.74, 6) is 0.0557. The fraction of sp³-hybridized carbons (Fsp3) is 0.917. The molecule has 4 heteroatoms. The molecule has 0 radical (unpaired) electrons. The number of ether oxygens (including phenoxy) is 1. The third-order valence-electron chi connectivity index (χ3n) is 3.87. The molecule has 2 heterocycles. The molecule has 0 aliphatic carbocycles. The van der Waals surface area contributed by atoms with Crippen LogP contribution in [0.4, 0.5) is 0 Å². The van der Waals surface area contributed by atoms with E-state index in [1.807, 2.05) is 0 Å². The van der Waals surface area contributed by atoms with Gasteiger partial charge in [-0.05, 0) is 31.3 Å². The molecule has 2 rings (SSSR count). The lowest BCUT2D eigenvalue weighted by Crippen LogP contribution is -2.36. The maximum atomic E-state index is 11.4. The van der Waals surface area contributed by atoms with Gasteiger partial charge in [0.25, 0.3) is 0 Å². The number of carbonyl (C=O) groups excluding carboxylic acids is 1. The topological polar surface area (TPSA) is 41.6 Å². The SMILES string of the molecule is COC(=O)C1CCN(CC2(C)CCNC2)C1. The van der Waals surface area contributed by atoms with Crippen LogP contribution in [0.25, 0.3) is 0 Å². The molecule has 92 valence electrons. The molecule has 0 spiro atoms. The van der Waals surface area contributed by atoms with E-state index in [-0.39, 0.29) is 11.9 Å². The molecule has 0 aromatic carbocycles. The van der Waals surface area contributed by atoms with Gasteiger partial charge in [0.1, 0.15) is 0 Å². The Bertz CT molecular complexity index is 262. The first-order chi connectivity index (χ1) is 7.63. The number of nitrogens with one attached hydrogen (secondary N) is 1. The molecule has 0 bridgehead atoms. The molecule has 0 saturated carbocycles. The van der Waals surface area contributed by atoms with Crippen molar-refractivity contribution in [3.05, 3.63) is 0 Å². The second-order valence-corrected chi connectivity index (χ2v) is 5.48. The molecule has 2 aliphatic heterocycles. The van der Waals surface area contributed by atoms with Gasteiger partial charge >= 0.3 is 5.97 Å². The highest BCUT2D eigenvalue weighted by Crippen LogP contribution is 2.28. The zero-order valence-electron chi connectivity index (χ0n) is 10.3. The molecule has 16 heavy (non-hydrogen) atoms. The lowest BCUT2D eigenvalue weighted by Gasteiger charge is -2.28. The highest BCUT2D eigenvalue weighted by Gasteiger charge is 2.35. The predicted molar refractivity (Wildman–Crippen MR) is 62.2 cm³/mol. The number of hydrogen-bond donors (Lipinski definition) is 1. The van der Waals surface area contributed by atoms with E-state index >= 15 is 0 Å². The molecule has 2 fully saturated rings. The van der Waals surface area contributed by atoms with Crippen LogP contribution in [0.15, 0.2) is 0 Å². The summed E-state index contributed by atoms with van der Waals surface area (Å²) in [5, 5.41) is 3.41. The quantitative estimate of drug-likeness (QED) is 0.711. The Labute approximate surface area is 97.3 Å². The zero-order valence-corrected chi connectivity index (χ0v) is 10.3. The number of carbonyl (C=O) groups is 1. The fourth-order valence-corrected chi connectivity index (χ4v) is 2.88. The largest absolute Gasteiger partial charge is 0.469 e. The van der Waals surface area contributed by atoms with Crippen molar-refractivity contribution < 1.29 is 9.53 Å². The Morgan fingerprint density at radius 2 is 2.44 bits per heavy atom. The average Bonchev–Trinajstić information content (AvgIpc) is 2.87. The second-order valence-electron chi connectivity index (χ2n) is 5.48. The van der Waals surface area contributed by atoms with Crippen LogP contribution in [0.1, 0.15) is 19.8 Å². The van der Waals surface area contributed by atoms with Crippen molar-refractivity contribution in [3.63, 3.8) is 0 Å². The molecule has 0 aromatic heterocycles. The monoisotopic (exact) mass is 226 g/mol. The van der Waals surface area contributed by atoms with E-state index in [4.69, 9.17) is 4.74 Å². The highest BCUT2D eigenvalue weighted by atomic mass is 16.5. The molecule has 2 atom stereocenters. The lowest BCUT2D eigenvalue weighted by molar-refractivity contribution is -0.144. The van der Waals surface area contributed by atoms with Crippen molar-refractivity contribution in [2.24, 2.45) is 11.3 Å². The number of methoxy groups -OCH3 is 1. The molecule has 0 amide bonds. The van der Waals surface area contributed by atoms with Gasteiger partial charge in [-0.25, -0.2) is 0 Å². The maximum Gasteiger partial charge on any atom is 0.310 e. The summed E-state index contributed by atoms with van der Waals surface area (Å²) in [4.78, 5) is 13.8. The van der Waals surface area contributed by atoms with E-state index in [0.717, 1.165) is 39.1 Å². The van der Waals surface area contributed by atoms with Crippen LogP contribution in [0.5, 0.6) is 0 Å². The van der Waals surface area contributed by atoms with Crippen molar-refractivity contribution in [3.8, 4) is 0 Å². The minimum Gasteiger partial charge on any atom is -0.469 e. The van der Waals surface area contributed by atoms with E-state index in [9.17, 15) is 4.79 Å². The van der Waals surface area contributed by atoms with Gasteiger partial charge in [0.15, 0.2) is 0 Å². The predicted octanol–water partition coefficient (Wildman–Crippen LogP) is 0.481. The molecule has 2 aliphatic rings. The Morgan fingerprint density at radius 3 is 3.06 bits per heavy atom. The van der Waals surface area contributed by atoms with E-state index in [2.05, 4.69) is 17.1 Å². The van der Waals surface area contributed by atoms with Crippen LogP contribution in [-0.4, -0.2) is 50.7 Å². The van der Waals surface area contributed by atoms with Gasteiger partial charge in [0, 0.05) is 19.6 Å². The molecule has 1 N–H and O–H groups in total. The van der Waals surface area contributed by atoms with Crippen LogP contribution < -0.4 is 5.32 Å². The molecular weight excluding hydrogens is 204 g/mol. The first-order valence-electron chi connectivity index (χ1n) is 6.14. The minimum absolute atomic E-state index is 0.0443. The summed E-state index contributed by atoms with van der Waals surface area (Å²) in [6.07, 6.45) is 2.20. The zero-order chi connectivity index (χ0) is 11.6. The normalized spacial score (nSPS) is 35.5. The molecular formula is C12H22N2O2. The van der Waals surface area contributed by atoms with E-state index in [0.29, 0.717) is 5.41 Å². The van der Waals surface area contributed by atoms with Crippen LogP contribution in [0.3, 0.4) is 0 Å². The summed E-state index contributed by atoms with van der Waals surface area (Å²) >= 11 is 0. The first kappa shape index (κ1) is 11.9. The number of rotatable bonds is 3. The third-order valence-corrected chi connectivity index (χ3v) is 3.87. The lowest BCUT2D eigenvalue weighted by atomic mass is 9.89. The summed E-state index contributed by atoms with van der Waals surface area (Å²) < 4.78 is 4.80. The minimum atomic E-state index is -0.0443. The Hall–Kier alpha value is -0.610. The number of nitrogens with zero attached hydrogens (tertiary/aromatic N) is 1. The van der Waals surface area contributed by atoms with Gasteiger partial charge in [0.05, 0.1) is 13.0 Å². The fourth-order valence-electron chi connectivity index (χ4n) is 2.88. The average molecular weight is 226 g/mol. The summed E-state index contributed by atoms with van der Waals surface area (Å²) in [5.41, 5.74) is 0.394. The van der Waals surface area contributed by atoms with Crippen molar-refractivity contribution in [2.45, 2.75) is 19.8 Å². The van der Waals surface area contributed by atoms with Crippen molar-refractivity contribution >= 4 is 5.97 Å². The van der Waals surface area contributed by atoms with Crippen LogP contribution in [-0.2, 0) is 9.53 Å². The summed E-state index contributed by atoms with van der Waals surface area (Å²) in [6, 6.07) is 0. The van der Waals surface area contributed by atoms with Crippen LogP contribution >= 0.6 is 0 Å². The van der Waals surface area contributed by atoms with E-state index in [1.165, 1.54) is 13.5 Å². The van der Waals surface area contributed by atoms with Gasteiger partial charge < -0.3 is 15.0 Å². The van der Waals surface area contributed by atoms with Crippen molar-refractivity contribution in [1.29, 1.82) is 0 Å². The van der Waals surface area contributed by atoms with Gasteiger partial charge in [-0.1, -0.05) is 6.92 Å². The number of hydrogen-bond acceptors (Lipinski definition) is 4. The molecule has 4 nitrogen and oxygen atoms in total. The van der Waals surface area contributed by atoms with Gasteiger partial charge in [-0.2, -0.15) is 0 Å². The smallest absolute Gasteiger partial charge is 0.310 e. The Morgan fingerprint density at radius 1 is 1.62 bits per heavy atom. The summed E-state index contributed by atoms with van der Waals surface area (Å²) in [7, 11) is 1.48.